The van der Waals surface area contributed by atoms with Crippen LogP contribution in [0.2, 0.25) is 0 Å². The second-order valence-electron chi connectivity index (χ2n) is 8.13. The van der Waals surface area contributed by atoms with E-state index in [9.17, 15) is 5.21 Å². The molecule has 1 saturated carbocycles. The monoisotopic (exact) mass is 460 g/mol. The lowest BCUT2D eigenvalue weighted by Crippen LogP contribution is -2.38. The topological polar surface area (TPSA) is 132 Å². The summed E-state index contributed by atoms with van der Waals surface area (Å²) in [7, 11) is 0. The molecule has 11 nitrogen and oxygen atoms in total. The Morgan fingerprint density at radius 1 is 1.21 bits per heavy atom. The highest BCUT2D eigenvalue weighted by atomic mass is 16.5. The molecule has 0 aromatic carbocycles. The van der Waals surface area contributed by atoms with Gasteiger partial charge in [-0.2, -0.15) is 15.1 Å². The molecule has 11 heteroatoms. The van der Waals surface area contributed by atoms with Gasteiger partial charge in [0.1, 0.15) is 18.1 Å². The molecule has 3 N–H and O–H groups in total. The molecule has 2 heterocycles. The summed E-state index contributed by atoms with van der Waals surface area (Å²) < 4.78 is 11.3. The minimum absolute atomic E-state index is 0.226. The normalized spacial score (nSPS) is 19.8. The van der Waals surface area contributed by atoms with Crippen LogP contribution in [0.3, 0.4) is 0 Å². The van der Waals surface area contributed by atoms with E-state index >= 15 is 0 Å². The predicted octanol–water partition coefficient (Wildman–Crippen LogP) is 2.62. The van der Waals surface area contributed by atoms with Crippen LogP contribution in [0.5, 0.6) is 6.01 Å². The van der Waals surface area contributed by atoms with Gasteiger partial charge in [-0.15, -0.1) is 0 Å². The van der Waals surface area contributed by atoms with Gasteiger partial charge in [-0.1, -0.05) is 19.0 Å². The zero-order valence-corrected chi connectivity index (χ0v) is 19.7. The number of hydrogen-bond acceptors (Lipinski definition) is 11. The quantitative estimate of drug-likeness (QED) is 0.339. The van der Waals surface area contributed by atoms with Gasteiger partial charge in [-0.05, 0) is 32.1 Å². The van der Waals surface area contributed by atoms with E-state index in [2.05, 4.69) is 49.3 Å². The molecule has 0 spiro atoms. The Labute approximate surface area is 195 Å². The number of anilines is 2. The second-order valence-corrected chi connectivity index (χ2v) is 8.13. The third kappa shape index (κ3) is 7.36. The van der Waals surface area contributed by atoms with Crippen LogP contribution in [0.4, 0.5) is 11.6 Å². The molecule has 0 unspecified atom stereocenters. The van der Waals surface area contributed by atoms with E-state index in [4.69, 9.17) is 14.9 Å². The zero-order valence-electron chi connectivity index (χ0n) is 19.7. The maximum Gasteiger partial charge on any atom is 0.320 e. The first-order valence-electron chi connectivity index (χ1n) is 11.8. The summed E-state index contributed by atoms with van der Waals surface area (Å²) in [6.07, 6.45) is 4.01. The van der Waals surface area contributed by atoms with Crippen molar-refractivity contribution in [2.45, 2.75) is 46.0 Å². The summed E-state index contributed by atoms with van der Waals surface area (Å²) in [6.45, 7) is 10.6. The van der Waals surface area contributed by atoms with Crippen molar-refractivity contribution in [1.29, 1.82) is 5.41 Å². The average Bonchev–Trinajstić information content (AvgIpc) is 2.83. The number of nitrogens with one attached hydrogen (secondary N) is 2. The van der Waals surface area contributed by atoms with Crippen LogP contribution in [0.25, 0.3) is 0 Å². The summed E-state index contributed by atoms with van der Waals surface area (Å²) >= 11 is 0. The number of hydrazone groups is 1. The molecule has 0 amide bonds. The van der Waals surface area contributed by atoms with Gasteiger partial charge in [0.15, 0.2) is 5.82 Å². The molecule has 0 bridgehead atoms. The van der Waals surface area contributed by atoms with E-state index in [0.29, 0.717) is 37.0 Å². The number of ether oxygens (including phenoxy) is 2. The lowest BCUT2D eigenvalue weighted by molar-refractivity contribution is 0.0317. The standard InChI is InChI=1S/C22H36N8O3/c1-3-8-30(9-4-2)20-16-19(27-26-18-7-5-6-17(23)21(18)28-31)24-22(25-20)33-15-12-29-10-13-32-14-11-29/h16,23,31H,3-15H2,1-2H3,(H,24,25,27)/b23-17?,26-18+,28-21+. The smallest absolute Gasteiger partial charge is 0.320 e. The van der Waals surface area contributed by atoms with Gasteiger partial charge in [0.2, 0.25) is 0 Å². The van der Waals surface area contributed by atoms with Crippen molar-refractivity contribution in [3.63, 3.8) is 0 Å². The van der Waals surface area contributed by atoms with Crippen LogP contribution >= 0.6 is 0 Å². The number of aromatic nitrogens is 2. The van der Waals surface area contributed by atoms with Gasteiger partial charge in [0.05, 0.1) is 24.6 Å². The maximum atomic E-state index is 9.29. The number of rotatable bonds is 11. The highest BCUT2D eigenvalue weighted by Gasteiger charge is 2.21. The molecule has 182 valence electrons. The lowest BCUT2D eigenvalue weighted by Gasteiger charge is -2.26. The van der Waals surface area contributed by atoms with E-state index in [1.165, 1.54) is 0 Å². The van der Waals surface area contributed by atoms with Crippen molar-refractivity contribution in [3.05, 3.63) is 6.07 Å². The Bertz CT molecular complexity index is 833. The fourth-order valence-electron chi connectivity index (χ4n) is 3.86. The molecule has 0 radical (unpaired) electrons. The van der Waals surface area contributed by atoms with Gasteiger partial charge in [-0.25, -0.2) is 0 Å². The fourth-order valence-corrected chi connectivity index (χ4v) is 3.86. The van der Waals surface area contributed by atoms with Gasteiger partial charge >= 0.3 is 6.01 Å². The predicted molar refractivity (Wildman–Crippen MR) is 129 cm³/mol. The molecule has 2 aliphatic rings. The van der Waals surface area contributed by atoms with Crippen molar-refractivity contribution in [3.8, 4) is 6.01 Å². The Balaban J connectivity index is 1.76. The molecule has 1 aromatic heterocycles. The van der Waals surface area contributed by atoms with Crippen molar-refractivity contribution in [2.24, 2.45) is 10.3 Å². The largest absolute Gasteiger partial charge is 0.462 e. The van der Waals surface area contributed by atoms with Crippen LogP contribution < -0.4 is 15.1 Å². The first-order valence-corrected chi connectivity index (χ1v) is 11.8. The van der Waals surface area contributed by atoms with Gasteiger partial charge < -0.3 is 25.0 Å². The molecule has 0 atom stereocenters. The Morgan fingerprint density at radius 2 is 1.97 bits per heavy atom. The van der Waals surface area contributed by atoms with Crippen LogP contribution in [0.1, 0.15) is 46.0 Å². The third-order valence-corrected chi connectivity index (χ3v) is 5.55. The Hall–Kier alpha value is -2.79. The summed E-state index contributed by atoms with van der Waals surface area (Å²) in [4.78, 5) is 13.7. The van der Waals surface area contributed by atoms with E-state index in [0.717, 1.165) is 71.0 Å². The van der Waals surface area contributed by atoms with Crippen molar-refractivity contribution in [2.75, 3.05) is 62.9 Å². The van der Waals surface area contributed by atoms with Gasteiger partial charge in [0.25, 0.3) is 0 Å². The van der Waals surface area contributed by atoms with Gasteiger partial charge in [0, 0.05) is 38.8 Å². The Kier molecular flexibility index (Phi) is 9.82. The number of nitrogens with zero attached hydrogens (tertiary/aromatic N) is 6. The minimum atomic E-state index is 0.226. The van der Waals surface area contributed by atoms with Crippen LogP contribution in [-0.2, 0) is 4.74 Å². The molecule has 1 saturated heterocycles. The summed E-state index contributed by atoms with van der Waals surface area (Å²) in [5, 5.41) is 24.9. The first kappa shape index (κ1) is 24.8. The van der Waals surface area contributed by atoms with Crippen molar-refractivity contribution >= 4 is 28.8 Å². The van der Waals surface area contributed by atoms with E-state index in [1.54, 1.807) is 0 Å². The van der Waals surface area contributed by atoms with Crippen molar-refractivity contribution < 1.29 is 14.7 Å². The summed E-state index contributed by atoms with van der Waals surface area (Å²) in [6, 6.07) is 2.15. The van der Waals surface area contributed by atoms with E-state index in [-0.39, 0.29) is 11.4 Å². The first-order chi connectivity index (χ1) is 16.1. The van der Waals surface area contributed by atoms with E-state index in [1.807, 2.05) is 6.07 Å². The number of oxime groups is 1. The van der Waals surface area contributed by atoms with Crippen molar-refractivity contribution in [1.82, 2.24) is 14.9 Å². The van der Waals surface area contributed by atoms with Gasteiger partial charge in [-0.3, -0.25) is 10.3 Å². The second kappa shape index (κ2) is 13.0. The maximum absolute atomic E-state index is 9.29. The average molecular weight is 461 g/mol. The van der Waals surface area contributed by atoms with E-state index < -0.39 is 0 Å². The summed E-state index contributed by atoms with van der Waals surface area (Å²) in [5.74, 6) is 1.28. The highest BCUT2D eigenvalue weighted by molar-refractivity contribution is 6.68. The SMILES string of the molecule is CCCN(CCC)c1cc(N/N=C2\CCCC(=N)\C2=N/O)nc(OCCN2CCOCC2)n1. The molecule has 2 fully saturated rings. The lowest BCUT2D eigenvalue weighted by atomic mass is 9.94. The van der Waals surface area contributed by atoms with Crippen LogP contribution in [0, 0.1) is 5.41 Å². The van der Waals surface area contributed by atoms with Crippen LogP contribution in [0.15, 0.2) is 16.3 Å². The fraction of sp³-hybridized carbons (Fsp3) is 0.682. The Morgan fingerprint density at radius 3 is 2.67 bits per heavy atom. The third-order valence-electron chi connectivity index (χ3n) is 5.55. The highest BCUT2D eigenvalue weighted by Crippen LogP contribution is 2.21. The molecular formula is C22H36N8O3. The van der Waals surface area contributed by atoms with Crippen LogP contribution in [-0.4, -0.2) is 89.8 Å². The summed E-state index contributed by atoms with van der Waals surface area (Å²) in [5.41, 5.74) is 4.03. The molecule has 1 aliphatic carbocycles. The minimum Gasteiger partial charge on any atom is -0.462 e. The zero-order chi connectivity index (χ0) is 23.5. The molecular weight excluding hydrogens is 424 g/mol. The molecule has 1 aromatic rings. The number of morpholine rings is 1. The molecule has 1 aliphatic heterocycles. The number of hydrogen-bond donors (Lipinski definition) is 3. The molecule has 3 rings (SSSR count). The molecule has 33 heavy (non-hydrogen) atoms.